The molecule has 1 aliphatic rings. The van der Waals surface area contributed by atoms with Crippen LogP contribution in [0.5, 0.6) is 0 Å². The Balaban J connectivity index is 1.34. The summed E-state index contributed by atoms with van der Waals surface area (Å²) in [5.74, 6) is 0.448. The van der Waals surface area contributed by atoms with Gasteiger partial charge in [-0.3, -0.25) is 4.79 Å². The number of aryl methyl sites for hydroxylation is 1. The van der Waals surface area contributed by atoms with Crippen LogP contribution in [-0.2, 0) is 17.6 Å². The smallest absolute Gasteiger partial charge is 0.243 e. The van der Waals surface area contributed by atoms with Crippen molar-refractivity contribution in [3.05, 3.63) is 106 Å². The minimum absolute atomic E-state index is 0.144. The maximum atomic E-state index is 13.8. The number of thiocarbonyl (C=S) groups is 1. The molecule has 1 aromatic heterocycles. The van der Waals surface area contributed by atoms with Gasteiger partial charge in [-0.25, -0.2) is 0 Å². The molecule has 0 radical (unpaired) electrons. The van der Waals surface area contributed by atoms with Crippen LogP contribution in [0.2, 0.25) is 0 Å². The third kappa shape index (κ3) is 6.73. The standard InChI is InChI=1S/C32H30N4OS3/c1-20-11-14-23(15-12-20)34-32(38)35-24-9-6-10-25(18-24)39-29(22-7-4-3-5-8-22)30(37)36-31-27(19-33)26-16-13-21(2)17-28(26)40-31/h3-12,14-15,18,21,29H,13,16-17H2,1-2H3,(H,36,37)(H2,34,35,38). The molecule has 0 bridgehead atoms. The third-order valence-electron chi connectivity index (χ3n) is 6.86. The van der Waals surface area contributed by atoms with Gasteiger partial charge in [0.25, 0.3) is 0 Å². The lowest BCUT2D eigenvalue weighted by Crippen LogP contribution is -2.19. The number of hydrogen-bond acceptors (Lipinski definition) is 5. The second-order valence-electron chi connectivity index (χ2n) is 10.0. The summed E-state index contributed by atoms with van der Waals surface area (Å²) in [6, 6.07) is 28.0. The van der Waals surface area contributed by atoms with Gasteiger partial charge in [-0.1, -0.05) is 61.0 Å². The summed E-state index contributed by atoms with van der Waals surface area (Å²) in [5.41, 5.74) is 5.55. The number of nitrogens with one attached hydrogen (secondary N) is 3. The fourth-order valence-corrected chi connectivity index (χ4v) is 7.43. The van der Waals surface area contributed by atoms with Crippen molar-refractivity contribution in [2.45, 2.75) is 43.3 Å². The molecule has 5 rings (SSSR count). The highest BCUT2D eigenvalue weighted by atomic mass is 32.2. The van der Waals surface area contributed by atoms with Gasteiger partial charge in [-0.2, -0.15) is 5.26 Å². The van der Waals surface area contributed by atoms with Crippen LogP contribution in [0.3, 0.4) is 0 Å². The number of hydrogen-bond donors (Lipinski definition) is 3. The van der Waals surface area contributed by atoms with Crippen molar-refractivity contribution in [2.75, 3.05) is 16.0 Å². The number of amides is 1. The van der Waals surface area contributed by atoms with Crippen molar-refractivity contribution in [2.24, 2.45) is 5.92 Å². The molecule has 202 valence electrons. The summed E-state index contributed by atoms with van der Waals surface area (Å²) in [7, 11) is 0. The molecule has 0 spiro atoms. The van der Waals surface area contributed by atoms with Crippen molar-refractivity contribution in [1.82, 2.24) is 0 Å². The Hall–Kier alpha value is -3.64. The molecule has 1 aliphatic carbocycles. The maximum absolute atomic E-state index is 13.8. The number of anilines is 3. The van der Waals surface area contributed by atoms with Gasteiger partial charge < -0.3 is 16.0 Å². The Kier molecular flexibility index (Phi) is 8.85. The molecule has 2 unspecified atom stereocenters. The highest BCUT2D eigenvalue weighted by Crippen LogP contribution is 2.42. The number of fused-ring (bicyclic) bond motifs is 1. The number of carbonyl (C=O) groups is 1. The molecule has 4 aromatic rings. The normalized spacial score (nSPS) is 14.9. The van der Waals surface area contributed by atoms with Crippen LogP contribution in [-0.4, -0.2) is 11.0 Å². The Labute approximate surface area is 249 Å². The first-order chi connectivity index (χ1) is 19.4. The van der Waals surface area contributed by atoms with Crippen LogP contribution in [0.15, 0.2) is 83.8 Å². The first-order valence-electron chi connectivity index (χ1n) is 13.2. The van der Waals surface area contributed by atoms with Crippen LogP contribution in [0.25, 0.3) is 0 Å². The number of benzene rings is 3. The average molecular weight is 583 g/mol. The summed E-state index contributed by atoms with van der Waals surface area (Å²) in [6.45, 7) is 4.28. The van der Waals surface area contributed by atoms with E-state index in [1.54, 1.807) is 11.3 Å². The predicted octanol–water partition coefficient (Wildman–Crippen LogP) is 8.33. The largest absolute Gasteiger partial charge is 0.332 e. The molecule has 5 nitrogen and oxygen atoms in total. The lowest BCUT2D eigenvalue weighted by atomic mass is 9.88. The molecule has 8 heteroatoms. The molecule has 0 aliphatic heterocycles. The van der Waals surface area contributed by atoms with Crippen LogP contribution >= 0.6 is 35.3 Å². The highest BCUT2D eigenvalue weighted by Gasteiger charge is 2.28. The molecular formula is C32H30N4OS3. The minimum Gasteiger partial charge on any atom is -0.332 e. The van der Waals surface area contributed by atoms with E-state index in [-0.39, 0.29) is 5.91 Å². The van der Waals surface area contributed by atoms with Crippen molar-refractivity contribution in [1.29, 1.82) is 5.26 Å². The van der Waals surface area contributed by atoms with Gasteiger partial charge >= 0.3 is 0 Å². The monoisotopic (exact) mass is 582 g/mol. The predicted molar refractivity (Wildman–Crippen MR) is 171 cm³/mol. The topological polar surface area (TPSA) is 76.9 Å². The Morgan fingerprint density at radius 2 is 1.77 bits per heavy atom. The van der Waals surface area contributed by atoms with E-state index < -0.39 is 5.25 Å². The van der Waals surface area contributed by atoms with E-state index in [4.69, 9.17) is 12.2 Å². The van der Waals surface area contributed by atoms with Crippen molar-refractivity contribution < 1.29 is 4.79 Å². The van der Waals surface area contributed by atoms with Crippen molar-refractivity contribution in [3.8, 4) is 6.07 Å². The van der Waals surface area contributed by atoms with Gasteiger partial charge in [-0.05, 0) is 85.8 Å². The first-order valence-corrected chi connectivity index (χ1v) is 15.3. The summed E-state index contributed by atoms with van der Waals surface area (Å²) >= 11 is 8.55. The Bertz CT molecular complexity index is 1560. The van der Waals surface area contributed by atoms with Crippen LogP contribution in [0, 0.1) is 24.2 Å². The number of carbonyl (C=O) groups excluding carboxylic acids is 1. The fraction of sp³-hybridized carbons (Fsp3) is 0.219. The number of thioether (sulfide) groups is 1. The van der Waals surface area contributed by atoms with Gasteiger partial charge in [0.15, 0.2) is 5.11 Å². The van der Waals surface area contributed by atoms with Crippen LogP contribution < -0.4 is 16.0 Å². The van der Waals surface area contributed by atoms with Gasteiger partial charge in [-0.15, -0.1) is 23.1 Å². The SMILES string of the molecule is Cc1ccc(NC(=S)Nc2cccc(SC(C(=O)Nc3sc4c(c3C#N)CCC(C)C4)c3ccccc3)c2)cc1. The lowest BCUT2D eigenvalue weighted by Gasteiger charge is -2.18. The second-order valence-corrected chi connectivity index (χ2v) is 12.7. The van der Waals surface area contributed by atoms with E-state index >= 15 is 0 Å². The summed E-state index contributed by atoms with van der Waals surface area (Å²) in [5, 5.41) is 20.1. The molecule has 1 heterocycles. The molecule has 40 heavy (non-hydrogen) atoms. The zero-order chi connectivity index (χ0) is 28.1. The van der Waals surface area contributed by atoms with Gasteiger partial charge in [0.1, 0.15) is 16.3 Å². The Morgan fingerprint density at radius 3 is 2.52 bits per heavy atom. The van der Waals surface area contributed by atoms with Gasteiger partial charge in [0.2, 0.25) is 5.91 Å². The Morgan fingerprint density at radius 1 is 1.02 bits per heavy atom. The number of nitrogens with zero attached hydrogens (tertiary/aromatic N) is 1. The molecule has 0 saturated heterocycles. The lowest BCUT2D eigenvalue weighted by molar-refractivity contribution is -0.115. The molecule has 2 atom stereocenters. The van der Waals surface area contributed by atoms with Crippen molar-refractivity contribution in [3.63, 3.8) is 0 Å². The highest BCUT2D eigenvalue weighted by molar-refractivity contribution is 8.00. The van der Waals surface area contributed by atoms with E-state index in [1.165, 1.54) is 22.2 Å². The first kappa shape index (κ1) is 27.9. The number of thiophene rings is 1. The third-order valence-corrected chi connectivity index (χ3v) is 9.48. The zero-order valence-electron chi connectivity index (χ0n) is 22.4. The molecule has 0 fully saturated rings. The minimum atomic E-state index is -0.501. The van der Waals surface area contributed by atoms with E-state index in [0.717, 1.165) is 46.7 Å². The summed E-state index contributed by atoms with van der Waals surface area (Å²) in [6.07, 6.45) is 2.92. The van der Waals surface area contributed by atoms with Gasteiger partial charge in [0.05, 0.1) is 5.56 Å². The quantitative estimate of drug-likeness (QED) is 0.150. The molecule has 3 N–H and O–H groups in total. The maximum Gasteiger partial charge on any atom is 0.243 e. The zero-order valence-corrected chi connectivity index (χ0v) is 24.8. The van der Waals surface area contributed by atoms with E-state index in [0.29, 0.717) is 21.6 Å². The van der Waals surface area contributed by atoms with E-state index in [1.807, 2.05) is 85.8 Å². The van der Waals surface area contributed by atoms with E-state index in [2.05, 4.69) is 28.9 Å². The number of nitriles is 1. The molecule has 0 saturated carbocycles. The summed E-state index contributed by atoms with van der Waals surface area (Å²) in [4.78, 5) is 15.9. The second kappa shape index (κ2) is 12.7. The van der Waals surface area contributed by atoms with E-state index in [9.17, 15) is 10.1 Å². The van der Waals surface area contributed by atoms with Crippen LogP contribution in [0.4, 0.5) is 16.4 Å². The summed E-state index contributed by atoms with van der Waals surface area (Å²) < 4.78 is 0. The van der Waals surface area contributed by atoms with Crippen LogP contribution in [0.1, 0.15) is 45.7 Å². The average Bonchev–Trinajstić information content (AvgIpc) is 3.29. The molecule has 1 amide bonds. The number of rotatable bonds is 7. The van der Waals surface area contributed by atoms with Crippen molar-refractivity contribution >= 4 is 62.7 Å². The van der Waals surface area contributed by atoms with Gasteiger partial charge in [0, 0.05) is 21.1 Å². The molecule has 3 aromatic carbocycles. The molecular weight excluding hydrogens is 553 g/mol. The fourth-order valence-electron chi connectivity index (χ4n) is 4.75.